The molecule has 1 aromatic carbocycles. The van der Waals surface area contributed by atoms with Crippen molar-refractivity contribution in [1.82, 2.24) is 10.3 Å². The molecule has 0 atom stereocenters. The zero-order chi connectivity index (χ0) is 16.9. The lowest BCUT2D eigenvalue weighted by molar-refractivity contribution is 0.102. The van der Waals surface area contributed by atoms with Crippen molar-refractivity contribution in [2.75, 3.05) is 18.4 Å². The fourth-order valence-electron chi connectivity index (χ4n) is 2.55. The highest BCUT2D eigenvalue weighted by Crippen LogP contribution is 2.25. The van der Waals surface area contributed by atoms with E-state index in [1.165, 1.54) is 24.3 Å². The Bertz CT molecular complexity index is 764. The molecule has 1 aliphatic rings. The number of carbonyl (C=O) groups is 1. The molecule has 6 heteroatoms. The number of nitrogens with zero attached hydrogens (tertiary/aromatic N) is 1. The van der Waals surface area contributed by atoms with Gasteiger partial charge >= 0.3 is 0 Å². The quantitative estimate of drug-likeness (QED) is 0.906. The highest BCUT2D eigenvalue weighted by atomic mass is 19.1. The normalized spacial score (nSPS) is 14.3. The molecule has 1 amide bonds. The Balaban J connectivity index is 1.78. The van der Waals surface area contributed by atoms with Crippen LogP contribution in [0, 0.1) is 5.82 Å². The van der Waals surface area contributed by atoms with E-state index in [2.05, 4.69) is 15.6 Å². The first kappa shape index (κ1) is 16.3. The van der Waals surface area contributed by atoms with Gasteiger partial charge in [-0.15, -0.1) is 0 Å². The minimum atomic E-state index is -0.422. The van der Waals surface area contributed by atoms with Crippen LogP contribution >= 0.6 is 0 Å². The van der Waals surface area contributed by atoms with Gasteiger partial charge in [0.1, 0.15) is 23.2 Å². The number of aromatic nitrogens is 1. The Hall–Kier alpha value is -2.60. The fourth-order valence-corrected chi connectivity index (χ4v) is 2.55. The second-order valence-electron chi connectivity index (χ2n) is 5.54. The number of pyridine rings is 1. The van der Waals surface area contributed by atoms with E-state index >= 15 is 0 Å². The van der Waals surface area contributed by atoms with E-state index in [0.717, 1.165) is 18.7 Å². The van der Waals surface area contributed by atoms with Crippen molar-refractivity contribution in [3.63, 3.8) is 0 Å². The molecule has 0 aliphatic carbocycles. The van der Waals surface area contributed by atoms with Crippen molar-refractivity contribution in [2.45, 2.75) is 12.8 Å². The van der Waals surface area contributed by atoms with Gasteiger partial charge in [0.05, 0.1) is 0 Å². The molecule has 124 valence electrons. The van der Waals surface area contributed by atoms with Gasteiger partial charge in [0, 0.05) is 5.56 Å². The Morgan fingerprint density at radius 1 is 1.08 bits per heavy atom. The number of halogens is 2. The van der Waals surface area contributed by atoms with Crippen molar-refractivity contribution < 1.29 is 13.6 Å². The predicted molar refractivity (Wildman–Crippen MR) is 88.7 cm³/mol. The maximum atomic E-state index is 14.5. The minimum Gasteiger partial charge on any atom is -0.316 e. The molecule has 1 saturated heterocycles. The number of hydrogen-bond acceptors (Lipinski definition) is 3. The van der Waals surface area contributed by atoms with Gasteiger partial charge in [-0.2, -0.15) is 0 Å². The molecule has 2 heterocycles. The van der Waals surface area contributed by atoms with Crippen LogP contribution in [0.5, 0.6) is 0 Å². The monoisotopic (exact) mass is 329 g/mol. The maximum absolute atomic E-state index is 14.5. The van der Waals surface area contributed by atoms with Gasteiger partial charge in [-0.3, -0.25) is 4.79 Å². The van der Waals surface area contributed by atoms with E-state index < -0.39 is 11.7 Å². The van der Waals surface area contributed by atoms with Crippen LogP contribution in [0.2, 0.25) is 0 Å². The summed E-state index contributed by atoms with van der Waals surface area (Å²) in [5, 5.41) is 5.78. The number of piperidine rings is 1. The first-order valence-electron chi connectivity index (χ1n) is 7.76. The molecule has 2 aromatic rings. The first-order valence-corrected chi connectivity index (χ1v) is 7.76. The first-order chi connectivity index (χ1) is 11.6. The lowest BCUT2D eigenvalue weighted by atomic mass is 10.0. The van der Waals surface area contributed by atoms with Crippen LogP contribution in [0.3, 0.4) is 0 Å². The molecule has 0 unspecified atom stereocenters. The molecule has 0 saturated carbocycles. The van der Waals surface area contributed by atoms with Gasteiger partial charge in [-0.05, 0) is 67.9 Å². The topological polar surface area (TPSA) is 54.0 Å². The SMILES string of the molecule is O=C(Nc1cccc(C(F)=C2CCNCC2)n1)c1ccc(F)cc1. The molecular weight excluding hydrogens is 312 g/mol. The molecule has 1 aliphatic heterocycles. The van der Waals surface area contributed by atoms with Crippen LogP contribution in [0.1, 0.15) is 28.9 Å². The van der Waals surface area contributed by atoms with E-state index in [1.54, 1.807) is 18.2 Å². The number of carbonyl (C=O) groups excluding carboxylic acids is 1. The number of benzene rings is 1. The molecule has 1 fully saturated rings. The number of anilines is 1. The standard InChI is InChI=1S/C18H17F2N3O/c19-14-6-4-13(5-7-14)18(24)23-16-3-1-2-15(22-16)17(20)12-8-10-21-11-9-12/h1-7,21H,8-11H2,(H,22,23,24). The Morgan fingerprint density at radius 2 is 1.79 bits per heavy atom. The summed E-state index contributed by atoms with van der Waals surface area (Å²) in [5.41, 5.74) is 1.26. The summed E-state index contributed by atoms with van der Waals surface area (Å²) in [4.78, 5) is 16.3. The van der Waals surface area contributed by atoms with Gasteiger partial charge in [0.25, 0.3) is 5.91 Å². The molecule has 2 N–H and O–H groups in total. The Labute approximate surface area is 138 Å². The molecule has 0 bridgehead atoms. The van der Waals surface area contributed by atoms with E-state index in [4.69, 9.17) is 0 Å². The molecular formula is C18H17F2N3O. The van der Waals surface area contributed by atoms with Crippen LogP contribution in [-0.2, 0) is 0 Å². The zero-order valence-corrected chi connectivity index (χ0v) is 13.0. The average molecular weight is 329 g/mol. The van der Waals surface area contributed by atoms with E-state index in [1.807, 2.05) is 0 Å². The van der Waals surface area contributed by atoms with Gasteiger partial charge in [0.2, 0.25) is 0 Å². The highest BCUT2D eigenvalue weighted by Gasteiger charge is 2.14. The van der Waals surface area contributed by atoms with Gasteiger partial charge in [0.15, 0.2) is 0 Å². The summed E-state index contributed by atoms with van der Waals surface area (Å²) in [5.74, 6) is -0.905. The van der Waals surface area contributed by atoms with Gasteiger partial charge in [-0.25, -0.2) is 13.8 Å². The van der Waals surface area contributed by atoms with Crippen LogP contribution in [0.25, 0.3) is 5.83 Å². The lowest BCUT2D eigenvalue weighted by Crippen LogP contribution is -2.23. The Kier molecular flexibility index (Phi) is 4.96. The number of hydrogen-bond donors (Lipinski definition) is 2. The molecule has 0 radical (unpaired) electrons. The van der Waals surface area contributed by atoms with E-state index in [-0.39, 0.29) is 17.3 Å². The van der Waals surface area contributed by atoms with Crippen LogP contribution in [-0.4, -0.2) is 24.0 Å². The van der Waals surface area contributed by atoms with Gasteiger partial charge < -0.3 is 10.6 Å². The largest absolute Gasteiger partial charge is 0.316 e. The summed E-state index contributed by atoms with van der Waals surface area (Å²) in [7, 11) is 0. The summed E-state index contributed by atoms with van der Waals surface area (Å²) < 4.78 is 27.4. The van der Waals surface area contributed by atoms with Crippen LogP contribution in [0.15, 0.2) is 48.0 Å². The zero-order valence-electron chi connectivity index (χ0n) is 13.0. The molecule has 0 spiro atoms. The van der Waals surface area contributed by atoms with Crippen LogP contribution in [0.4, 0.5) is 14.6 Å². The summed E-state index contributed by atoms with van der Waals surface area (Å²) >= 11 is 0. The summed E-state index contributed by atoms with van der Waals surface area (Å²) in [6.45, 7) is 1.51. The molecule has 24 heavy (non-hydrogen) atoms. The van der Waals surface area contributed by atoms with E-state index in [9.17, 15) is 13.6 Å². The summed E-state index contributed by atoms with van der Waals surface area (Å²) in [6.07, 6.45) is 1.30. The van der Waals surface area contributed by atoms with Gasteiger partial charge in [-0.1, -0.05) is 6.07 Å². The highest BCUT2D eigenvalue weighted by molar-refractivity contribution is 6.03. The second kappa shape index (κ2) is 7.31. The maximum Gasteiger partial charge on any atom is 0.256 e. The predicted octanol–water partition coefficient (Wildman–Crippen LogP) is 3.54. The van der Waals surface area contributed by atoms with Crippen molar-refractivity contribution >= 4 is 17.6 Å². The number of rotatable bonds is 3. The Morgan fingerprint density at radius 3 is 2.50 bits per heavy atom. The third-order valence-corrected chi connectivity index (χ3v) is 3.84. The molecule has 4 nitrogen and oxygen atoms in total. The lowest BCUT2D eigenvalue weighted by Gasteiger charge is -2.16. The third kappa shape index (κ3) is 3.83. The fraction of sp³-hybridized carbons (Fsp3) is 0.222. The average Bonchev–Trinajstić information content (AvgIpc) is 2.62. The second-order valence-corrected chi connectivity index (χ2v) is 5.54. The minimum absolute atomic E-state index is 0.212. The van der Waals surface area contributed by atoms with Crippen LogP contribution < -0.4 is 10.6 Å². The summed E-state index contributed by atoms with van der Waals surface area (Å²) in [6, 6.07) is 9.99. The molecule has 3 rings (SSSR count). The van der Waals surface area contributed by atoms with Crippen molar-refractivity contribution in [3.05, 3.63) is 65.1 Å². The van der Waals surface area contributed by atoms with Crippen molar-refractivity contribution in [1.29, 1.82) is 0 Å². The van der Waals surface area contributed by atoms with Crippen molar-refractivity contribution in [2.24, 2.45) is 0 Å². The smallest absolute Gasteiger partial charge is 0.256 e. The van der Waals surface area contributed by atoms with Crippen molar-refractivity contribution in [3.8, 4) is 0 Å². The molecule has 1 aromatic heterocycles. The van der Waals surface area contributed by atoms with E-state index in [0.29, 0.717) is 18.4 Å². The number of nitrogens with one attached hydrogen (secondary N) is 2. The number of amides is 1. The third-order valence-electron chi connectivity index (χ3n) is 3.84.